The molecule has 0 aromatic rings. The smallest absolute Gasteiger partial charge is 0.0435 e. The van der Waals surface area contributed by atoms with Crippen molar-refractivity contribution >= 4 is 0 Å². The standard InChI is InChI=1S/C10H11N/c1-9-5-6-10-4-2-3-7-11(10)8-9/h2-7H,8H2,1H3. The van der Waals surface area contributed by atoms with Crippen molar-refractivity contribution in [3.63, 3.8) is 0 Å². The van der Waals surface area contributed by atoms with Crippen molar-refractivity contribution in [2.45, 2.75) is 6.92 Å². The third kappa shape index (κ3) is 1.14. The van der Waals surface area contributed by atoms with E-state index in [1.54, 1.807) is 0 Å². The Morgan fingerprint density at radius 3 is 3.09 bits per heavy atom. The minimum atomic E-state index is 1.03. The summed E-state index contributed by atoms with van der Waals surface area (Å²) < 4.78 is 0. The van der Waals surface area contributed by atoms with Crippen LogP contribution in [0, 0.1) is 0 Å². The number of hydrogen-bond acceptors (Lipinski definition) is 1. The maximum Gasteiger partial charge on any atom is 0.0435 e. The summed E-state index contributed by atoms with van der Waals surface area (Å²) in [4.78, 5) is 2.25. The third-order valence-corrected chi connectivity index (χ3v) is 1.93. The van der Waals surface area contributed by atoms with Crippen LogP contribution in [0.5, 0.6) is 0 Å². The first kappa shape index (κ1) is 6.47. The van der Waals surface area contributed by atoms with E-state index in [-0.39, 0.29) is 0 Å². The second kappa shape index (κ2) is 2.42. The summed E-state index contributed by atoms with van der Waals surface area (Å²) in [6.07, 6.45) is 12.7. The number of allylic oxidation sites excluding steroid dienone is 5. The lowest BCUT2D eigenvalue weighted by Crippen LogP contribution is -2.21. The van der Waals surface area contributed by atoms with Gasteiger partial charge in [0.25, 0.3) is 0 Å². The molecule has 0 bridgehead atoms. The molecule has 0 aromatic heterocycles. The molecule has 11 heavy (non-hydrogen) atoms. The topological polar surface area (TPSA) is 3.24 Å². The summed E-state index contributed by atoms with van der Waals surface area (Å²) in [5, 5.41) is 0. The van der Waals surface area contributed by atoms with Gasteiger partial charge in [-0.3, -0.25) is 0 Å². The Hall–Kier alpha value is -1.24. The lowest BCUT2D eigenvalue weighted by Gasteiger charge is -2.26. The van der Waals surface area contributed by atoms with Gasteiger partial charge < -0.3 is 4.90 Å². The van der Waals surface area contributed by atoms with Gasteiger partial charge in [0.2, 0.25) is 0 Å². The van der Waals surface area contributed by atoms with Crippen LogP contribution in [-0.4, -0.2) is 11.4 Å². The molecule has 0 fully saturated rings. The van der Waals surface area contributed by atoms with Gasteiger partial charge in [-0.15, -0.1) is 0 Å². The normalized spacial score (nSPS) is 21.0. The van der Waals surface area contributed by atoms with Gasteiger partial charge in [0.05, 0.1) is 0 Å². The number of rotatable bonds is 0. The Labute approximate surface area is 67.0 Å². The fraction of sp³-hybridized carbons (Fsp3) is 0.200. The van der Waals surface area contributed by atoms with Crippen LogP contribution < -0.4 is 0 Å². The van der Waals surface area contributed by atoms with Crippen molar-refractivity contribution in [3.8, 4) is 0 Å². The second-order valence-electron chi connectivity index (χ2n) is 2.93. The first-order valence-corrected chi connectivity index (χ1v) is 3.85. The van der Waals surface area contributed by atoms with Crippen LogP contribution in [0.25, 0.3) is 0 Å². The summed E-state index contributed by atoms with van der Waals surface area (Å²) in [5.74, 6) is 0. The number of fused-ring (bicyclic) bond motifs is 1. The minimum absolute atomic E-state index is 1.03. The molecule has 0 aliphatic carbocycles. The molecule has 0 N–H and O–H groups in total. The summed E-state index contributed by atoms with van der Waals surface area (Å²) in [5.41, 5.74) is 2.70. The van der Waals surface area contributed by atoms with E-state index in [1.165, 1.54) is 11.3 Å². The lowest BCUT2D eigenvalue weighted by atomic mass is 10.1. The molecule has 0 atom stereocenters. The summed E-state index contributed by atoms with van der Waals surface area (Å²) in [7, 11) is 0. The minimum Gasteiger partial charge on any atom is -0.344 e. The maximum atomic E-state index is 2.25. The quantitative estimate of drug-likeness (QED) is 0.505. The summed E-state index contributed by atoms with van der Waals surface area (Å²) in [6, 6.07) is 0. The van der Waals surface area contributed by atoms with Crippen LogP contribution in [0.4, 0.5) is 0 Å². The SMILES string of the molecule is CC1=CC=C2C=CC=CN2C1. The fourth-order valence-electron chi connectivity index (χ4n) is 1.33. The van der Waals surface area contributed by atoms with Gasteiger partial charge in [0.15, 0.2) is 0 Å². The third-order valence-electron chi connectivity index (χ3n) is 1.93. The second-order valence-corrected chi connectivity index (χ2v) is 2.93. The predicted octanol–water partition coefficient (Wildman–Crippen LogP) is 2.22. The zero-order valence-electron chi connectivity index (χ0n) is 6.62. The Kier molecular flexibility index (Phi) is 1.42. The Bertz CT molecular complexity index is 279. The van der Waals surface area contributed by atoms with Crippen LogP contribution in [0.3, 0.4) is 0 Å². The largest absolute Gasteiger partial charge is 0.344 e. The summed E-state index contributed by atoms with van der Waals surface area (Å²) >= 11 is 0. The van der Waals surface area contributed by atoms with Crippen LogP contribution in [0.15, 0.2) is 47.9 Å². The zero-order chi connectivity index (χ0) is 7.68. The molecule has 0 amide bonds. The summed E-state index contributed by atoms with van der Waals surface area (Å²) in [6.45, 7) is 3.19. The lowest BCUT2D eigenvalue weighted by molar-refractivity contribution is 0.509. The van der Waals surface area contributed by atoms with Crippen molar-refractivity contribution in [1.82, 2.24) is 4.90 Å². The van der Waals surface area contributed by atoms with Crippen molar-refractivity contribution in [2.75, 3.05) is 6.54 Å². The van der Waals surface area contributed by atoms with Gasteiger partial charge in [-0.1, -0.05) is 17.7 Å². The van der Waals surface area contributed by atoms with Crippen LogP contribution in [0.1, 0.15) is 6.92 Å². The van der Waals surface area contributed by atoms with Crippen LogP contribution >= 0.6 is 0 Å². The van der Waals surface area contributed by atoms with E-state index >= 15 is 0 Å². The van der Waals surface area contributed by atoms with E-state index in [2.05, 4.69) is 48.4 Å². The first-order valence-electron chi connectivity index (χ1n) is 3.85. The fourth-order valence-corrected chi connectivity index (χ4v) is 1.33. The van der Waals surface area contributed by atoms with Crippen molar-refractivity contribution in [1.29, 1.82) is 0 Å². The molecule has 56 valence electrons. The van der Waals surface area contributed by atoms with E-state index in [0.29, 0.717) is 0 Å². The number of nitrogens with zero attached hydrogens (tertiary/aromatic N) is 1. The molecule has 1 heteroatoms. The molecule has 0 saturated carbocycles. The monoisotopic (exact) mass is 145 g/mol. The average molecular weight is 145 g/mol. The van der Waals surface area contributed by atoms with Gasteiger partial charge in [0.1, 0.15) is 0 Å². The highest BCUT2D eigenvalue weighted by Crippen LogP contribution is 2.18. The molecule has 0 spiro atoms. The Morgan fingerprint density at radius 2 is 2.18 bits per heavy atom. The van der Waals surface area contributed by atoms with E-state index in [1.807, 2.05) is 0 Å². The van der Waals surface area contributed by atoms with Gasteiger partial charge in [-0.25, -0.2) is 0 Å². The predicted molar refractivity (Wildman–Crippen MR) is 46.8 cm³/mol. The molecule has 0 unspecified atom stereocenters. The Balaban J connectivity index is 2.33. The maximum absolute atomic E-state index is 2.25. The van der Waals surface area contributed by atoms with Crippen LogP contribution in [0.2, 0.25) is 0 Å². The molecule has 0 saturated heterocycles. The molecule has 0 radical (unpaired) electrons. The van der Waals surface area contributed by atoms with Crippen LogP contribution in [-0.2, 0) is 0 Å². The highest BCUT2D eigenvalue weighted by atomic mass is 15.1. The van der Waals surface area contributed by atoms with Crippen molar-refractivity contribution in [3.05, 3.63) is 47.9 Å². The van der Waals surface area contributed by atoms with E-state index in [4.69, 9.17) is 0 Å². The van der Waals surface area contributed by atoms with Gasteiger partial charge in [0, 0.05) is 18.4 Å². The first-order chi connectivity index (χ1) is 5.36. The Morgan fingerprint density at radius 1 is 1.27 bits per heavy atom. The number of hydrogen-bond donors (Lipinski definition) is 0. The molecule has 2 aliphatic rings. The molecule has 2 heterocycles. The zero-order valence-corrected chi connectivity index (χ0v) is 6.62. The van der Waals surface area contributed by atoms with E-state index < -0.39 is 0 Å². The van der Waals surface area contributed by atoms with Crippen molar-refractivity contribution < 1.29 is 0 Å². The molecule has 2 aliphatic heterocycles. The molecule has 1 nitrogen and oxygen atoms in total. The van der Waals surface area contributed by atoms with Gasteiger partial charge in [-0.2, -0.15) is 0 Å². The highest BCUT2D eigenvalue weighted by molar-refractivity contribution is 5.35. The van der Waals surface area contributed by atoms with E-state index in [0.717, 1.165) is 6.54 Å². The molecular formula is C10H11N. The highest BCUT2D eigenvalue weighted by Gasteiger charge is 2.09. The van der Waals surface area contributed by atoms with E-state index in [9.17, 15) is 0 Å². The molecular weight excluding hydrogens is 134 g/mol. The van der Waals surface area contributed by atoms with Gasteiger partial charge >= 0.3 is 0 Å². The van der Waals surface area contributed by atoms with Crippen molar-refractivity contribution in [2.24, 2.45) is 0 Å². The molecule has 2 rings (SSSR count). The average Bonchev–Trinajstić information content (AvgIpc) is 2.04. The van der Waals surface area contributed by atoms with Gasteiger partial charge in [-0.05, 0) is 25.2 Å². The molecule has 0 aromatic carbocycles.